The van der Waals surface area contributed by atoms with Crippen molar-refractivity contribution in [3.05, 3.63) is 53.6 Å². The molecule has 264 valence electrons. The molecule has 0 saturated heterocycles. The van der Waals surface area contributed by atoms with Crippen molar-refractivity contribution in [2.75, 3.05) is 5.75 Å². The van der Waals surface area contributed by atoms with Crippen molar-refractivity contribution in [1.82, 2.24) is 0 Å². The molecule has 4 nitrogen and oxygen atoms in total. The number of phenols is 2. The molecule has 1 aliphatic heterocycles. The monoisotopic (exact) mass is 702 g/mol. The Morgan fingerprint density at radius 2 is 1.36 bits per heavy atom. The number of alkyl halides is 9. The molecule has 14 heteroatoms. The normalized spacial score (nSPS) is 19.7. The maximum atomic E-state index is 13.8. The van der Waals surface area contributed by atoms with Crippen LogP contribution in [0.4, 0.5) is 39.5 Å². The Balaban J connectivity index is 1.46. The first-order valence-electron chi connectivity index (χ1n) is 15.4. The number of phenolic OH excluding ortho intramolecular Hbond substituents is 2. The molecular formula is C33H39F9O4S. The predicted molar refractivity (Wildman–Crippen MR) is 160 cm³/mol. The van der Waals surface area contributed by atoms with Crippen LogP contribution in [-0.4, -0.2) is 51.0 Å². The third-order valence-corrected chi connectivity index (χ3v) is 10.5. The quantitative estimate of drug-likeness (QED) is 0.113. The number of hydrogen-bond donors (Lipinski definition) is 3. The Hall–Kier alpha value is -2.77. The van der Waals surface area contributed by atoms with Crippen molar-refractivity contribution < 1.29 is 59.6 Å². The fourth-order valence-corrected chi connectivity index (χ4v) is 7.59. The molecule has 0 radical (unpaired) electrons. The third kappa shape index (κ3) is 8.83. The second-order valence-electron chi connectivity index (χ2n) is 12.5. The van der Waals surface area contributed by atoms with E-state index in [9.17, 15) is 59.6 Å². The second-order valence-corrected chi connectivity index (χ2v) is 13.5. The molecule has 0 saturated carbocycles. The Kier molecular flexibility index (Phi) is 12.5. The Bertz CT molecular complexity index is 1330. The van der Waals surface area contributed by atoms with Gasteiger partial charge in [0, 0.05) is 22.5 Å². The SMILES string of the molecule is C[C@@]1(c2ccc(O)cc2)CSc2cc(O)ccc2[C@H]1CCCCCCCCC(CCCC(F)(F)C(F)(F)C(F)(F)C(F)(F)F)C(=O)O. The zero-order valence-corrected chi connectivity index (χ0v) is 26.6. The van der Waals surface area contributed by atoms with Gasteiger partial charge in [0.15, 0.2) is 0 Å². The number of benzene rings is 2. The standard InChI is InChI=1S/C33H39F9O4S/c1-29(22-12-14-23(43)15-13-22)20-47-27-19-24(44)16-17-25(27)26(29)11-7-5-3-2-4-6-9-21(28(45)46)10-8-18-30(34,35)31(36,37)32(38,39)33(40,41)42/h12-17,19,21,26,43-44H,2-11,18,20H2,1H3,(H,45,46)/t21?,26-,29+/m1/s1. The molecule has 47 heavy (non-hydrogen) atoms. The smallest absolute Gasteiger partial charge is 0.460 e. The number of aromatic hydroxyl groups is 2. The van der Waals surface area contributed by atoms with Crippen LogP contribution in [-0.2, 0) is 10.2 Å². The van der Waals surface area contributed by atoms with E-state index in [4.69, 9.17) is 0 Å². The van der Waals surface area contributed by atoms with Crippen LogP contribution in [0.5, 0.6) is 11.5 Å². The molecule has 0 amide bonds. The zero-order chi connectivity index (χ0) is 35.3. The lowest BCUT2D eigenvalue weighted by molar-refractivity contribution is -0.396. The van der Waals surface area contributed by atoms with E-state index in [1.807, 2.05) is 18.2 Å². The van der Waals surface area contributed by atoms with Gasteiger partial charge in [0.25, 0.3) is 0 Å². The number of halogens is 9. The molecule has 0 aromatic heterocycles. The molecule has 1 aliphatic rings. The summed E-state index contributed by atoms with van der Waals surface area (Å²) in [7, 11) is 0. The van der Waals surface area contributed by atoms with Crippen LogP contribution < -0.4 is 0 Å². The van der Waals surface area contributed by atoms with Gasteiger partial charge in [0.2, 0.25) is 0 Å². The molecule has 0 fully saturated rings. The molecular weight excluding hydrogens is 663 g/mol. The summed E-state index contributed by atoms with van der Waals surface area (Å²) in [5.41, 5.74) is 2.01. The summed E-state index contributed by atoms with van der Waals surface area (Å²) < 4.78 is 118. The third-order valence-electron chi connectivity index (χ3n) is 9.09. The molecule has 2 aromatic rings. The van der Waals surface area contributed by atoms with Crippen LogP contribution in [0.15, 0.2) is 47.4 Å². The number of aliphatic carboxylic acids is 1. The fourth-order valence-electron chi connectivity index (χ4n) is 6.18. The Morgan fingerprint density at radius 1 is 0.809 bits per heavy atom. The highest BCUT2D eigenvalue weighted by Gasteiger charge is 2.81. The summed E-state index contributed by atoms with van der Waals surface area (Å²) in [6.45, 7) is 2.19. The van der Waals surface area contributed by atoms with Gasteiger partial charge in [-0.05, 0) is 67.0 Å². The van der Waals surface area contributed by atoms with E-state index >= 15 is 0 Å². The van der Waals surface area contributed by atoms with Crippen molar-refractivity contribution in [3.8, 4) is 11.5 Å². The van der Waals surface area contributed by atoms with E-state index in [0.717, 1.165) is 53.9 Å². The van der Waals surface area contributed by atoms with Gasteiger partial charge in [-0.2, -0.15) is 39.5 Å². The minimum atomic E-state index is -6.95. The van der Waals surface area contributed by atoms with Crippen molar-refractivity contribution in [2.24, 2.45) is 5.92 Å². The van der Waals surface area contributed by atoms with E-state index in [0.29, 0.717) is 12.8 Å². The highest BCUT2D eigenvalue weighted by molar-refractivity contribution is 7.99. The van der Waals surface area contributed by atoms with Crippen LogP contribution in [0.3, 0.4) is 0 Å². The van der Waals surface area contributed by atoms with Gasteiger partial charge in [0.1, 0.15) is 11.5 Å². The summed E-state index contributed by atoms with van der Waals surface area (Å²) in [6, 6.07) is 12.6. The molecule has 0 bridgehead atoms. The molecule has 3 atom stereocenters. The molecule has 0 aliphatic carbocycles. The topological polar surface area (TPSA) is 77.8 Å². The molecule has 0 spiro atoms. The van der Waals surface area contributed by atoms with Gasteiger partial charge in [-0.3, -0.25) is 4.79 Å². The van der Waals surface area contributed by atoms with Crippen LogP contribution in [0, 0.1) is 5.92 Å². The summed E-state index contributed by atoms with van der Waals surface area (Å²) >= 11 is 1.67. The lowest BCUT2D eigenvalue weighted by atomic mass is 9.68. The molecule has 1 heterocycles. The fraction of sp³-hybridized carbons (Fsp3) is 0.606. The second kappa shape index (κ2) is 15.2. The summed E-state index contributed by atoms with van der Waals surface area (Å²) in [5, 5.41) is 29.2. The van der Waals surface area contributed by atoms with Gasteiger partial charge in [-0.25, -0.2) is 0 Å². The predicted octanol–water partition coefficient (Wildman–Crippen LogP) is 10.7. The Morgan fingerprint density at radius 3 is 1.96 bits per heavy atom. The first-order chi connectivity index (χ1) is 21.7. The Labute approximate surface area is 271 Å². The van der Waals surface area contributed by atoms with Crippen molar-refractivity contribution in [2.45, 2.75) is 118 Å². The lowest BCUT2D eigenvalue weighted by Crippen LogP contribution is -2.60. The number of carboxylic acids is 1. The number of fused-ring (bicyclic) bond motifs is 1. The summed E-state index contributed by atoms with van der Waals surface area (Å²) in [4.78, 5) is 12.6. The zero-order valence-electron chi connectivity index (χ0n) is 25.7. The highest BCUT2D eigenvalue weighted by atomic mass is 32.2. The van der Waals surface area contributed by atoms with Crippen LogP contribution >= 0.6 is 11.8 Å². The number of thioether (sulfide) groups is 1. The first kappa shape index (κ1) is 38.7. The van der Waals surface area contributed by atoms with E-state index in [1.54, 1.807) is 36.0 Å². The van der Waals surface area contributed by atoms with E-state index in [2.05, 4.69) is 6.92 Å². The number of unbranched alkanes of at least 4 members (excludes halogenated alkanes) is 5. The largest absolute Gasteiger partial charge is 0.508 e. The molecule has 3 N–H and O–H groups in total. The average Bonchev–Trinajstić information content (AvgIpc) is 2.97. The van der Waals surface area contributed by atoms with Gasteiger partial charge >= 0.3 is 29.9 Å². The maximum Gasteiger partial charge on any atom is 0.460 e. The van der Waals surface area contributed by atoms with Gasteiger partial charge in [-0.15, -0.1) is 11.8 Å². The maximum absolute atomic E-state index is 13.8. The highest BCUT2D eigenvalue weighted by Crippen LogP contribution is 2.55. The van der Waals surface area contributed by atoms with Crippen LogP contribution in [0.1, 0.15) is 94.6 Å². The minimum Gasteiger partial charge on any atom is -0.508 e. The summed E-state index contributed by atoms with van der Waals surface area (Å²) in [6.07, 6.45) is -5.28. The van der Waals surface area contributed by atoms with E-state index < -0.39 is 55.1 Å². The van der Waals surface area contributed by atoms with Crippen molar-refractivity contribution in [3.63, 3.8) is 0 Å². The number of carbonyl (C=O) groups is 1. The van der Waals surface area contributed by atoms with Crippen LogP contribution in [0.25, 0.3) is 0 Å². The number of hydrogen-bond acceptors (Lipinski definition) is 4. The summed E-state index contributed by atoms with van der Waals surface area (Å²) in [5.74, 6) is -20.7. The van der Waals surface area contributed by atoms with Gasteiger partial charge < -0.3 is 15.3 Å². The molecule has 2 aromatic carbocycles. The molecule has 3 rings (SSSR count). The number of rotatable bonds is 17. The lowest BCUT2D eigenvalue weighted by Gasteiger charge is -2.43. The minimum absolute atomic E-state index is 0.0182. The number of carboxylic acid groups (broad SMARTS) is 1. The van der Waals surface area contributed by atoms with Gasteiger partial charge in [-0.1, -0.05) is 63.6 Å². The van der Waals surface area contributed by atoms with Gasteiger partial charge in [0.05, 0.1) is 5.92 Å². The average molecular weight is 703 g/mol. The molecule has 1 unspecified atom stereocenters. The van der Waals surface area contributed by atoms with Crippen molar-refractivity contribution >= 4 is 17.7 Å². The van der Waals surface area contributed by atoms with Crippen LogP contribution in [0.2, 0.25) is 0 Å². The van der Waals surface area contributed by atoms with Crippen molar-refractivity contribution in [1.29, 1.82) is 0 Å². The first-order valence-corrected chi connectivity index (χ1v) is 16.4. The van der Waals surface area contributed by atoms with E-state index in [1.165, 1.54) is 0 Å². The van der Waals surface area contributed by atoms with E-state index in [-0.39, 0.29) is 29.3 Å².